The minimum absolute atomic E-state index is 0.694. The van der Waals surface area contributed by atoms with Crippen LogP contribution in [0, 0.1) is 6.92 Å². The second-order valence-corrected chi connectivity index (χ2v) is 4.60. The molecule has 0 bridgehead atoms. The lowest BCUT2D eigenvalue weighted by Gasteiger charge is -1.99. The molecule has 0 amide bonds. The van der Waals surface area contributed by atoms with Gasteiger partial charge in [0.2, 0.25) is 0 Å². The first-order valence-electron chi connectivity index (χ1n) is 6.47. The molecule has 1 aromatic heterocycles. The third-order valence-corrected chi connectivity index (χ3v) is 2.98. The number of aryl methyl sites for hydroxylation is 4. The van der Waals surface area contributed by atoms with E-state index in [1.807, 2.05) is 6.20 Å². The molecule has 0 spiro atoms. The molecule has 96 valence electrons. The number of hydrogen-bond donors (Lipinski definition) is 1. The van der Waals surface area contributed by atoms with Crippen LogP contribution in [0.3, 0.4) is 0 Å². The Morgan fingerprint density at radius 2 is 1.89 bits per heavy atom. The summed E-state index contributed by atoms with van der Waals surface area (Å²) in [4.78, 5) is 4.29. The fourth-order valence-corrected chi connectivity index (χ4v) is 1.86. The van der Waals surface area contributed by atoms with Crippen molar-refractivity contribution < 1.29 is 4.42 Å². The van der Waals surface area contributed by atoms with Crippen molar-refractivity contribution >= 4 is 0 Å². The smallest absolute Gasteiger partial charge is 0.194 e. The number of nitrogens with two attached hydrogens (primary N) is 1. The third kappa shape index (κ3) is 3.70. The Morgan fingerprint density at radius 1 is 1.11 bits per heavy atom. The maximum Gasteiger partial charge on any atom is 0.194 e. The van der Waals surface area contributed by atoms with E-state index in [1.54, 1.807) is 0 Å². The van der Waals surface area contributed by atoms with Crippen molar-refractivity contribution in [2.24, 2.45) is 5.73 Å². The minimum Gasteiger partial charge on any atom is -0.446 e. The van der Waals surface area contributed by atoms with E-state index in [-0.39, 0.29) is 0 Å². The number of benzene rings is 1. The highest BCUT2D eigenvalue weighted by molar-refractivity contribution is 5.21. The molecular weight excluding hydrogens is 224 g/mol. The molecule has 0 unspecified atom stereocenters. The Labute approximate surface area is 108 Å². The van der Waals surface area contributed by atoms with Gasteiger partial charge in [0, 0.05) is 12.8 Å². The number of oxazole rings is 1. The number of rotatable bonds is 6. The van der Waals surface area contributed by atoms with Crippen LogP contribution in [0.1, 0.15) is 29.2 Å². The Morgan fingerprint density at radius 3 is 2.61 bits per heavy atom. The standard InChI is InChI=1S/C15H20N2O/c1-12-4-6-13(7-5-12)8-9-15-17-11-14(18-15)3-2-10-16/h4-7,11H,2-3,8-10,16H2,1H3. The predicted octanol–water partition coefficient (Wildman–Crippen LogP) is 2.66. The molecule has 0 aliphatic heterocycles. The van der Waals surface area contributed by atoms with Crippen molar-refractivity contribution in [3.8, 4) is 0 Å². The molecule has 2 aromatic rings. The lowest BCUT2D eigenvalue weighted by molar-refractivity contribution is 0.450. The van der Waals surface area contributed by atoms with Crippen molar-refractivity contribution in [3.05, 3.63) is 53.2 Å². The average Bonchev–Trinajstić information content (AvgIpc) is 2.84. The highest BCUT2D eigenvalue weighted by Gasteiger charge is 2.04. The van der Waals surface area contributed by atoms with Gasteiger partial charge in [-0.05, 0) is 31.9 Å². The van der Waals surface area contributed by atoms with Gasteiger partial charge in [0.15, 0.2) is 5.89 Å². The van der Waals surface area contributed by atoms with Crippen LogP contribution in [-0.2, 0) is 19.3 Å². The summed E-state index contributed by atoms with van der Waals surface area (Å²) in [6.07, 6.45) is 5.48. The van der Waals surface area contributed by atoms with Gasteiger partial charge in [-0.15, -0.1) is 0 Å². The van der Waals surface area contributed by atoms with Crippen LogP contribution < -0.4 is 5.73 Å². The van der Waals surface area contributed by atoms with Crippen LogP contribution in [0.5, 0.6) is 0 Å². The van der Waals surface area contributed by atoms with E-state index in [0.717, 1.165) is 37.3 Å². The Hall–Kier alpha value is -1.61. The summed E-state index contributed by atoms with van der Waals surface area (Å²) >= 11 is 0. The molecule has 3 nitrogen and oxygen atoms in total. The van der Waals surface area contributed by atoms with Crippen LogP contribution in [0.4, 0.5) is 0 Å². The first-order chi connectivity index (χ1) is 8.78. The topological polar surface area (TPSA) is 52.0 Å². The van der Waals surface area contributed by atoms with Crippen LogP contribution in [0.2, 0.25) is 0 Å². The first-order valence-corrected chi connectivity index (χ1v) is 6.47. The quantitative estimate of drug-likeness (QED) is 0.850. The Balaban J connectivity index is 1.86. The molecule has 18 heavy (non-hydrogen) atoms. The fraction of sp³-hybridized carbons (Fsp3) is 0.400. The van der Waals surface area contributed by atoms with E-state index in [0.29, 0.717) is 6.54 Å². The Kier molecular flexibility index (Phi) is 4.53. The summed E-state index contributed by atoms with van der Waals surface area (Å²) in [6, 6.07) is 8.59. The molecule has 0 atom stereocenters. The van der Waals surface area contributed by atoms with Gasteiger partial charge in [0.25, 0.3) is 0 Å². The van der Waals surface area contributed by atoms with Crippen LogP contribution in [-0.4, -0.2) is 11.5 Å². The first kappa shape index (κ1) is 12.8. The molecule has 0 saturated carbocycles. The maximum atomic E-state index is 5.66. The summed E-state index contributed by atoms with van der Waals surface area (Å²) in [7, 11) is 0. The fourth-order valence-electron chi connectivity index (χ4n) is 1.86. The molecule has 0 radical (unpaired) electrons. The molecule has 0 saturated heterocycles. The largest absolute Gasteiger partial charge is 0.446 e. The van der Waals surface area contributed by atoms with E-state index in [2.05, 4.69) is 36.2 Å². The molecule has 1 aromatic carbocycles. The van der Waals surface area contributed by atoms with Crippen molar-refractivity contribution in [2.75, 3.05) is 6.54 Å². The molecule has 2 rings (SSSR count). The zero-order chi connectivity index (χ0) is 12.8. The normalized spacial score (nSPS) is 10.8. The summed E-state index contributed by atoms with van der Waals surface area (Å²) in [6.45, 7) is 2.79. The van der Waals surface area contributed by atoms with Gasteiger partial charge in [-0.3, -0.25) is 0 Å². The lowest BCUT2D eigenvalue weighted by atomic mass is 10.1. The van der Waals surface area contributed by atoms with Crippen molar-refractivity contribution in [3.63, 3.8) is 0 Å². The minimum atomic E-state index is 0.694. The summed E-state index contributed by atoms with van der Waals surface area (Å²) in [5.41, 5.74) is 8.08. The van der Waals surface area contributed by atoms with E-state index in [4.69, 9.17) is 10.2 Å². The highest BCUT2D eigenvalue weighted by Crippen LogP contribution is 2.10. The molecule has 3 heteroatoms. The summed E-state index contributed by atoms with van der Waals surface area (Å²) < 4.78 is 5.66. The average molecular weight is 244 g/mol. The van der Waals surface area contributed by atoms with Crippen molar-refractivity contribution in [2.45, 2.75) is 32.6 Å². The molecule has 0 aliphatic carbocycles. The van der Waals surface area contributed by atoms with E-state index < -0.39 is 0 Å². The van der Waals surface area contributed by atoms with E-state index >= 15 is 0 Å². The SMILES string of the molecule is Cc1ccc(CCc2ncc(CCCN)o2)cc1. The van der Waals surface area contributed by atoms with Gasteiger partial charge in [0.05, 0.1) is 6.20 Å². The van der Waals surface area contributed by atoms with Gasteiger partial charge in [-0.25, -0.2) is 4.98 Å². The second-order valence-electron chi connectivity index (χ2n) is 4.60. The molecule has 2 N–H and O–H groups in total. The van der Waals surface area contributed by atoms with Gasteiger partial charge in [0.1, 0.15) is 5.76 Å². The van der Waals surface area contributed by atoms with Crippen molar-refractivity contribution in [1.82, 2.24) is 4.98 Å². The highest BCUT2D eigenvalue weighted by atomic mass is 16.4. The number of nitrogens with zero attached hydrogens (tertiary/aromatic N) is 1. The molecular formula is C15H20N2O. The van der Waals surface area contributed by atoms with Crippen LogP contribution in [0.25, 0.3) is 0 Å². The number of aromatic nitrogens is 1. The summed E-state index contributed by atoms with van der Waals surface area (Å²) in [5.74, 6) is 1.77. The van der Waals surface area contributed by atoms with Crippen LogP contribution in [0.15, 0.2) is 34.9 Å². The van der Waals surface area contributed by atoms with E-state index in [9.17, 15) is 0 Å². The van der Waals surface area contributed by atoms with Gasteiger partial charge in [-0.1, -0.05) is 29.8 Å². The Bertz CT molecular complexity index is 473. The van der Waals surface area contributed by atoms with Crippen molar-refractivity contribution in [1.29, 1.82) is 0 Å². The maximum absolute atomic E-state index is 5.66. The van der Waals surface area contributed by atoms with Gasteiger partial charge >= 0.3 is 0 Å². The third-order valence-electron chi connectivity index (χ3n) is 2.98. The predicted molar refractivity (Wildman–Crippen MR) is 72.5 cm³/mol. The number of hydrogen-bond acceptors (Lipinski definition) is 3. The van der Waals surface area contributed by atoms with Crippen LogP contribution >= 0.6 is 0 Å². The molecule has 1 heterocycles. The second kappa shape index (κ2) is 6.36. The monoisotopic (exact) mass is 244 g/mol. The lowest BCUT2D eigenvalue weighted by Crippen LogP contribution is -1.99. The zero-order valence-electron chi connectivity index (χ0n) is 10.9. The van der Waals surface area contributed by atoms with Gasteiger partial charge in [-0.2, -0.15) is 0 Å². The zero-order valence-corrected chi connectivity index (χ0v) is 10.9. The summed E-state index contributed by atoms with van der Waals surface area (Å²) in [5, 5.41) is 0. The van der Waals surface area contributed by atoms with Gasteiger partial charge < -0.3 is 10.2 Å². The molecule has 0 aliphatic rings. The van der Waals surface area contributed by atoms with E-state index in [1.165, 1.54) is 11.1 Å². The molecule has 0 fully saturated rings.